The lowest BCUT2D eigenvalue weighted by atomic mass is 9.94. The second-order valence-corrected chi connectivity index (χ2v) is 7.87. The lowest BCUT2D eigenvalue weighted by Gasteiger charge is -2.37. The molecular formula is C23H33N3O3S. The van der Waals surface area contributed by atoms with Gasteiger partial charge in [0, 0.05) is 23.8 Å². The maximum Gasteiger partial charge on any atom is 0.337 e. The van der Waals surface area contributed by atoms with Crippen molar-refractivity contribution in [1.82, 2.24) is 10.2 Å². The Morgan fingerprint density at radius 1 is 1.30 bits per heavy atom. The zero-order valence-corrected chi connectivity index (χ0v) is 19.4. The summed E-state index contributed by atoms with van der Waals surface area (Å²) in [5, 5.41) is 6.86. The van der Waals surface area contributed by atoms with Gasteiger partial charge in [-0.15, -0.1) is 0 Å². The zero-order valence-electron chi connectivity index (χ0n) is 18.6. The summed E-state index contributed by atoms with van der Waals surface area (Å²) in [4.78, 5) is 27.1. The van der Waals surface area contributed by atoms with Crippen molar-refractivity contribution in [2.75, 3.05) is 19.0 Å². The molecule has 2 atom stereocenters. The third kappa shape index (κ3) is 5.39. The van der Waals surface area contributed by atoms with Crippen molar-refractivity contribution in [3.8, 4) is 0 Å². The summed E-state index contributed by atoms with van der Waals surface area (Å²) in [5.74, 6) is -0.363. The second-order valence-electron chi connectivity index (χ2n) is 7.48. The zero-order chi connectivity index (χ0) is 22.3. The van der Waals surface area contributed by atoms with Crippen LogP contribution in [0.25, 0.3) is 0 Å². The van der Waals surface area contributed by atoms with Gasteiger partial charge in [0.05, 0.1) is 18.7 Å². The number of benzene rings is 1. The van der Waals surface area contributed by atoms with Gasteiger partial charge in [0.1, 0.15) is 0 Å². The Morgan fingerprint density at radius 2 is 2.03 bits per heavy atom. The summed E-state index contributed by atoms with van der Waals surface area (Å²) in [6.07, 6.45) is 3.81. The molecule has 1 aliphatic rings. The Balaban J connectivity index is 2.33. The van der Waals surface area contributed by atoms with Crippen molar-refractivity contribution < 1.29 is 14.3 Å². The summed E-state index contributed by atoms with van der Waals surface area (Å²) >= 11 is 5.51. The van der Waals surface area contributed by atoms with Gasteiger partial charge in [-0.2, -0.15) is 0 Å². The highest BCUT2D eigenvalue weighted by Gasteiger charge is 2.34. The van der Waals surface area contributed by atoms with Crippen molar-refractivity contribution in [3.05, 3.63) is 41.1 Å². The fourth-order valence-corrected chi connectivity index (χ4v) is 4.18. The number of carbonyl (C=O) groups excluding carboxylic acids is 2. The number of thiocarbonyl (C=S) groups is 1. The largest absolute Gasteiger partial charge is 0.466 e. The molecular weight excluding hydrogens is 398 g/mol. The van der Waals surface area contributed by atoms with Crippen LogP contribution in [-0.4, -0.2) is 35.5 Å². The molecule has 1 heterocycles. The number of esters is 1. The minimum absolute atomic E-state index is 0.000118. The van der Waals surface area contributed by atoms with Crippen LogP contribution in [0.15, 0.2) is 35.5 Å². The summed E-state index contributed by atoms with van der Waals surface area (Å²) in [6.45, 7) is 8.67. The smallest absolute Gasteiger partial charge is 0.337 e. The van der Waals surface area contributed by atoms with Crippen molar-refractivity contribution >= 4 is 34.9 Å². The molecule has 0 unspecified atom stereocenters. The molecule has 1 aliphatic heterocycles. The van der Waals surface area contributed by atoms with E-state index in [9.17, 15) is 9.59 Å². The lowest BCUT2D eigenvalue weighted by Crippen LogP contribution is -2.47. The molecule has 30 heavy (non-hydrogen) atoms. The molecule has 0 spiro atoms. The van der Waals surface area contributed by atoms with Crippen molar-refractivity contribution in [2.24, 2.45) is 5.92 Å². The first-order chi connectivity index (χ1) is 14.4. The Morgan fingerprint density at radius 3 is 2.63 bits per heavy atom. The number of hydrogen-bond acceptors (Lipinski definition) is 4. The van der Waals surface area contributed by atoms with Gasteiger partial charge in [-0.1, -0.05) is 38.8 Å². The van der Waals surface area contributed by atoms with Crippen LogP contribution in [0.4, 0.5) is 5.69 Å². The first-order valence-corrected chi connectivity index (χ1v) is 11.1. The molecule has 0 radical (unpaired) electrons. The van der Waals surface area contributed by atoms with E-state index in [4.69, 9.17) is 17.0 Å². The normalized spacial score (nSPS) is 17.4. The van der Waals surface area contributed by atoms with E-state index in [1.165, 1.54) is 7.11 Å². The number of hydrogen-bond donors (Lipinski definition) is 2. The molecule has 1 amide bonds. The van der Waals surface area contributed by atoms with Crippen LogP contribution >= 0.6 is 12.2 Å². The standard InChI is InChI=1S/C23H33N3O3S/c1-6-9-11-16(7-2)21(27)24-18-13-10-12-17(14-18)20-19(22(28)29-5)15(4)26(8-3)23(30)25-20/h10,12-14,16,20H,6-9,11H2,1-5H3,(H,24,27)(H,25,30)/t16-,20-/m0/s1. The summed E-state index contributed by atoms with van der Waals surface area (Å²) in [7, 11) is 1.38. The summed E-state index contributed by atoms with van der Waals surface area (Å²) in [5.41, 5.74) is 2.84. The first kappa shape index (κ1) is 23.9. The van der Waals surface area contributed by atoms with E-state index in [1.54, 1.807) is 0 Å². The summed E-state index contributed by atoms with van der Waals surface area (Å²) < 4.78 is 5.04. The van der Waals surface area contributed by atoms with Crippen LogP contribution in [0.5, 0.6) is 0 Å². The lowest BCUT2D eigenvalue weighted by molar-refractivity contribution is -0.136. The van der Waals surface area contributed by atoms with Gasteiger partial charge in [-0.3, -0.25) is 4.79 Å². The molecule has 0 saturated heterocycles. The van der Waals surface area contributed by atoms with Gasteiger partial charge in [0.25, 0.3) is 0 Å². The van der Waals surface area contributed by atoms with Gasteiger partial charge in [0.15, 0.2) is 5.11 Å². The van der Waals surface area contributed by atoms with E-state index in [2.05, 4.69) is 17.6 Å². The number of nitrogens with one attached hydrogen (secondary N) is 2. The molecule has 1 aromatic carbocycles. The van der Waals surface area contributed by atoms with Crippen molar-refractivity contribution in [1.29, 1.82) is 0 Å². The third-order valence-corrected chi connectivity index (χ3v) is 5.91. The molecule has 164 valence electrons. The number of carbonyl (C=O) groups is 2. The molecule has 1 aromatic rings. The molecule has 6 nitrogen and oxygen atoms in total. The van der Waals surface area contributed by atoms with Crippen LogP contribution in [0, 0.1) is 5.92 Å². The quantitative estimate of drug-likeness (QED) is 0.442. The van der Waals surface area contributed by atoms with Crippen LogP contribution in [0.3, 0.4) is 0 Å². The highest BCUT2D eigenvalue weighted by molar-refractivity contribution is 7.80. The molecule has 0 aromatic heterocycles. The number of methoxy groups -OCH3 is 1. The fourth-order valence-electron chi connectivity index (χ4n) is 3.80. The van der Waals surface area contributed by atoms with E-state index in [0.29, 0.717) is 22.9 Å². The van der Waals surface area contributed by atoms with Gasteiger partial charge in [-0.05, 0) is 56.6 Å². The Labute approximate surface area is 185 Å². The van der Waals surface area contributed by atoms with Crippen molar-refractivity contribution in [3.63, 3.8) is 0 Å². The van der Waals surface area contributed by atoms with Crippen LogP contribution < -0.4 is 10.6 Å². The predicted molar refractivity (Wildman–Crippen MR) is 124 cm³/mol. The highest BCUT2D eigenvalue weighted by atomic mass is 32.1. The number of ether oxygens (including phenoxy) is 1. The average molecular weight is 432 g/mol. The minimum Gasteiger partial charge on any atom is -0.466 e. The average Bonchev–Trinajstić information content (AvgIpc) is 2.74. The molecule has 0 fully saturated rings. The first-order valence-electron chi connectivity index (χ1n) is 10.7. The van der Waals surface area contributed by atoms with Gasteiger partial charge in [0.2, 0.25) is 5.91 Å². The second kappa shape index (κ2) is 11.1. The van der Waals surface area contributed by atoms with Crippen LogP contribution in [0.2, 0.25) is 0 Å². The number of nitrogens with zero attached hydrogens (tertiary/aromatic N) is 1. The van der Waals surface area contributed by atoms with Gasteiger partial charge < -0.3 is 20.3 Å². The van der Waals surface area contributed by atoms with E-state index in [-0.39, 0.29) is 11.8 Å². The Kier molecular flexibility index (Phi) is 8.84. The number of amides is 1. The Bertz CT molecular complexity index is 822. The predicted octanol–water partition coefficient (Wildman–Crippen LogP) is 4.54. The fraction of sp³-hybridized carbons (Fsp3) is 0.522. The molecule has 7 heteroatoms. The van der Waals surface area contributed by atoms with E-state index in [0.717, 1.165) is 36.9 Å². The van der Waals surface area contributed by atoms with Crippen LogP contribution in [-0.2, 0) is 14.3 Å². The molecule has 2 rings (SSSR count). The minimum atomic E-state index is -0.438. The number of rotatable bonds is 9. The molecule has 2 N–H and O–H groups in total. The Hall–Kier alpha value is -2.41. The van der Waals surface area contributed by atoms with Gasteiger partial charge >= 0.3 is 5.97 Å². The van der Waals surface area contributed by atoms with E-state index in [1.807, 2.05) is 49.9 Å². The molecule has 0 aliphatic carbocycles. The summed E-state index contributed by atoms with van der Waals surface area (Å²) in [6, 6.07) is 7.11. The van der Waals surface area contributed by atoms with Crippen molar-refractivity contribution in [2.45, 2.75) is 59.4 Å². The number of unbranched alkanes of at least 4 members (excludes halogenated alkanes) is 1. The maximum absolute atomic E-state index is 12.7. The van der Waals surface area contributed by atoms with E-state index < -0.39 is 12.0 Å². The SMILES string of the molecule is CCCC[C@H](CC)C(=O)Nc1cccc([C@@H]2NC(=S)N(CC)C(C)=C2C(=O)OC)c1. The third-order valence-electron chi connectivity index (χ3n) is 5.58. The monoisotopic (exact) mass is 431 g/mol. The van der Waals surface area contributed by atoms with E-state index >= 15 is 0 Å². The highest BCUT2D eigenvalue weighted by Crippen LogP contribution is 2.32. The maximum atomic E-state index is 12.7. The number of anilines is 1. The number of allylic oxidation sites excluding steroid dienone is 1. The molecule has 0 saturated carbocycles. The van der Waals surface area contributed by atoms with Crippen LogP contribution in [0.1, 0.15) is 65.0 Å². The topological polar surface area (TPSA) is 70.7 Å². The van der Waals surface area contributed by atoms with Gasteiger partial charge in [-0.25, -0.2) is 4.79 Å². The molecule has 0 bridgehead atoms.